The van der Waals surface area contributed by atoms with Gasteiger partial charge in [-0.15, -0.1) is 11.8 Å². The molecule has 1 heterocycles. The van der Waals surface area contributed by atoms with Gasteiger partial charge in [-0.2, -0.15) is 5.26 Å². The molecule has 2 aliphatic rings. The van der Waals surface area contributed by atoms with Gasteiger partial charge in [0.25, 0.3) is 0 Å². The van der Waals surface area contributed by atoms with E-state index in [4.69, 9.17) is 0 Å². The van der Waals surface area contributed by atoms with E-state index in [0.717, 1.165) is 19.3 Å². The largest absolute Gasteiger partial charge is 0.339 e. The number of hydrogen-bond acceptors (Lipinski definition) is 3. The van der Waals surface area contributed by atoms with Crippen molar-refractivity contribution in [2.24, 2.45) is 5.92 Å². The van der Waals surface area contributed by atoms with Crippen molar-refractivity contribution in [2.75, 3.05) is 0 Å². The minimum absolute atomic E-state index is 0.0216. The van der Waals surface area contributed by atoms with Gasteiger partial charge in [0.15, 0.2) is 0 Å². The fourth-order valence-corrected chi connectivity index (χ4v) is 4.50. The molecule has 4 heteroatoms. The SMILES string of the molecule is N#CC(NC(=O)C1Cc2ccccc2S1)C1CCCCC1. The molecule has 1 aromatic rings. The topological polar surface area (TPSA) is 52.9 Å². The first-order valence-electron chi connectivity index (χ1n) is 7.72. The molecule has 0 aromatic heterocycles. The smallest absolute Gasteiger partial charge is 0.234 e. The van der Waals surface area contributed by atoms with Gasteiger partial charge in [-0.1, -0.05) is 37.5 Å². The second-order valence-electron chi connectivity index (χ2n) is 5.93. The molecule has 2 atom stereocenters. The summed E-state index contributed by atoms with van der Waals surface area (Å²) in [6.45, 7) is 0. The number of nitrogens with one attached hydrogen (secondary N) is 1. The Kier molecular flexibility index (Phi) is 4.50. The number of nitrogens with zero attached hydrogens (tertiary/aromatic N) is 1. The van der Waals surface area contributed by atoms with Crippen LogP contribution in [0.3, 0.4) is 0 Å². The Labute approximate surface area is 130 Å². The summed E-state index contributed by atoms with van der Waals surface area (Å²) in [6.07, 6.45) is 6.53. The highest BCUT2D eigenvalue weighted by atomic mass is 32.2. The van der Waals surface area contributed by atoms with Gasteiger partial charge in [-0.05, 0) is 36.8 Å². The van der Waals surface area contributed by atoms with Gasteiger partial charge in [-0.3, -0.25) is 4.79 Å². The first-order chi connectivity index (χ1) is 10.3. The summed E-state index contributed by atoms with van der Waals surface area (Å²) >= 11 is 1.62. The van der Waals surface area contributed by atoms with Crippen molar-refractivity contribution < 1.29 is 4.79 Å². The number of hydrogen-bond donors (Lipinski definition) is 1. The van der Waals surface area contributed by atoms with E-state index < -0.39 is 0 Å². The maximum Gasteiger partial charge on any atom is 0.234 e. The summed E-state index contributed by atoms with van der Waals surface area (Å²) < 4.78 is 0. The van der Waals surface area contributed by atoms with Crippen molar-refractivity contribution in [2.45, 2.75) is 54.7 Å². The summed E-state index contributed by atoms with van der Waals surface area (Å²) in [5, 5.41) is 12.3. The van der Waals surface area contributed by atoms with E-state index >= 15 is 0 Å². The van der Waals surface area contributed by atoms with Crippen LogP contribution < -0.4 is 5.32 Å². The third-order valence-corrected chi connectivity index (χ3v) is 5.82. The first kappa shape index (κ1) is 14.5. The van der Waals surface area contributed by atoms with E-state index in [1.165, 1.54) is 29.7 Å². The van der Waals surface area contributed by atoms with Crippen LogP contribution in [0.4, 0.5) is 0 Å². The van der Waals surface area contributed by atoms with Crippen LogP contribution in [-0.4, -0.2) is 17.2 Å². The van der Waals surface area contributed by atoms with Crippen LogP contribution in [0.25, 0.3) is 0 Å². The lowest BCUT2D eigenvalue weighted by Crippen LogP contribution is -2.43. The summed E-state index contributed by atoms with van der Waals surface area (Å²) in [5.41, 5.74) is 1.24. The number of carbonyl (C=O) groups is 1. The molecule has 1 saturated carbocycles. The zero-order chi connectivity index (χ0) is 14.7. The lowest BCUT2D eigenvalue weighted by atomic mass is 9.84. The van der Waals surface area contributed by atoms with Gasteiger partial charge in [0.2, 0.25) is 5.91 Å². The van der Waals surface area contributed by atoms with Crippen molar-refractivity contribution in [3.05, 3.63) is 29.8 Å². The molecule has 3 nitrogen and oxygen atoms in total. The number of carbonyl (C=O) groups excluding carboxylic acids is 1. The maximum absolute atomic E-state index is 12.4. The molecule has 110 valence electrons. The van der Waals surface area contributed by atoms with Crippen molar-refractivity contribution in [1.82, 2.24) is 5.32 Å². The van der Waals surface area contributed by atoms with E-state index in [1.54, 1.807) is 11.8 Å². The van der Waals surface area contributed by atoms with E-state index in [1.807, 2.05) is 12.1 Å². The van der Waals surface area contributed by atoms with Gasteiger partial charge in [0, 0.05) is 4.90 Å². The van der Waals surface area contributed by atoms with Crippen LogP contribution in [0, 0.1) is 17.2 Å². The van der Waals surface area contributed by atoms with E-state index in [0.29, 0.717) is 5.92 Å². The van der Waals surface area contributed by atoms with Crippen LogP contribution in [0.15, 0.2) is 29.2 Å². The molecule has 0 saturated heterocycles. The molecule has 1 aliphatic carbocycles. The van der Waals surface area contributed by atoms with Crippen molar-refractivity contribution in [1.29, 1.82) is 5.26 Å². The quantitative estimate of drug-likeness (QED) is 0.932. The Balaban J connectivity index is 1.60. The zero-order valence-corrected chi connectivity index (χ0v) is 12.9. The van der Waals surface area contributed by atoms with Crippen LogP contribution in [0.2, 0.25) is 0 Å². The molecule has 0 radical (unpaired) electrons. The predicted molar refractivity (Wildman–Crippen MR) is 83.9 cm³/mol. The first-order valence-corrected chi connectivity index (χ1v) is 8.60. The molecule has 1 N–H and O–H groups in total. The molecule has 1 amide bonds. The summed E-state index contributed by atoms with van der Waals surface area (Å²) in [4.78, 5) is 13.6. The molecule has 3 rings (SSSR count). The lowest BCUT2D eigenvalue weighted by molar-refractivity contribution is -0.121. The van der Waals surface area contributed by atoms with Crippen LogP contribution >= 0.6 is 11.8 Å². The number of amides is 1. The molecule has 0 spiro atoms. The summed E-state index contributed by atoms with van der Waals surface area (Å²) in [5.74, 6) is 0.356. The van der Waals surface area contributed by atoms with Crippen molar-refractivity contribution in [3.8, 4) is 6.07 Å². The molecule has 0 bridgehead atoms. The van der Waals surface area contributed by atoms with Gasteiger partial charge in [-0.25, -0.2) is 0 Å². The van der Waals surface area contributed by atoms with Crippen molar-refractivity contribution in [3.63, 3.8) is 0 Å². The molecular weight excluding hydrogens is 280 g/mol. The number of fused-ring (bicyclic) bond motifs is 1. The number of nitriles is 1. The van der Waals surface area contributed by atoms with E-state index in [2.05, 4.69) is 23.5 Å². The maximum atomic E-state index is 12.4. The highest BCUT2D eigenvalue weighted by Crippen LogP contribution is 2.37. The molecule has 1 fully saturated rings. The Bertz CT molecular complexity index is 535. The highest BCUT2D eigenvalue weighted by Gasteiger charge is 2.31. The predicted octanol–water partition coefficient (Wildman–Crippen LogP) is 3.29. The summed E-state index contributed by atoms with van der Waals surface area (Å²) in [6, 6.07) is 10.2. The number of rotatable bonds is 3. The second kappa shape index (κ2) is 6.53. The molecule has 21 heavy (non-hydrogen) atoms. The van der Waals surface area contributed by atoms with Crippen LogP contribution in [0.5, 0.6) is 0 Å². The summed E-state index contributed by atoms with van der Waals surface area (Å²) in [7, 11) is 0. The van der Waals surface area contributed by atoms with E-state index in [-0.39, 0.29) is 17.2 Å². The number of thioether (sulfide) groups is 1. The van der Waals surface area contributed by atoms with Crippen LogP contribution in [-0.2, 0) is 11.2 Å². The Morgan fingerprint density at radius 2 is 2.05 bits per heavy atom. The fourth-order valence-electron chi connectivity index (χ4n) is 3.30. The highest BCUT2D eigenvalue weighted by molar-refractivity contribution is 8.01. The Morgan fingerprint density at radius 3 is 2.76 bits per heavy atom. The molecule has 2 unspecified atom stereocenters. The van der Waals surface area contributed by atoms with Gasteiger partial charge < -0.3 is 5.32 Å². The van der Waals surface area contributed by atoms with Gasteiger partial charge in [0.05, 0.1) is 11.3 Å². The third-order valence-electron chi connectivity index (χ3n) is 4.50. The lowest BCUT2D eigenvalue weighted by Gasteiger charge is -2.27. The standard InChI is InChI=1S/C17H20N2OS/c18-11-14(12-6-2-1-3-7-12)19-17(20)16-10-13-8-4-5-9-15(13)21-16/h4-5,8-9,12,14,16H,1-3,6-7,10H2,(H,19,20). The van der Waals surface area contributed by atoms with E-state index in [9.17, 15) is 10.1 Å². The zero-order valence-electron chi connectivity index (χ0n) is 12.0. The molecule has 1 aliphatic heterocycles. The minimum atomic E-state index is -0.317. The van der Waals surface area contributed by atoms with Gasteiger partial charge >= 0.3 is 0 Å². The fraction of sp³-hybridized carbons (Fsp3) is 0.529. The number of benzene rings is 1. The molecule has 1 aromatic carbocycles. The minimum Gasteiger partial charge on any atom is -0.339 e. The monoisotopic (exact) mass is 300 g/mol. The average Bonchev–Trinajstić information content (AvgIpc) is 2.97. The van der Waals surface area contributed by atoms with Crippen molar-refractivity contribution >= 4 is 17.7 Å². The second-order valence-corrected chi connectivity index (χ2v) is 7.18. The normalized spacial score (nSPS) is 23.1. The Hall–Kier alpha value is -1.47. The average molecular weight is 300 g/mol. The Morgan fingerprint density at radius 1 is 1.29 bits per heavy atom. The molecular formula is C17H20N2OS. The van der Waals surface area contributed by atoms with Gasteiger partial charge in [0.1, 0.15) is 6.04 Å². The van der Waals surface area contributed by atoms with Crippen LogP contribution in [0.1, 0.15) is 37.7 Å². The third kappa shape index (κ3) is 3.24.